The first-order valence-corrected chi connectivity index (χ1v) is 6.71. The molecule has 0 spiro atoms. The second-order valence-corrected chi connectivity index (χ2v) is 4.95. The van der Waals surface area contributed by atoms with Crippen molar-refractivity contribution >= 4 is 5.91 Å². The number of benzene rings is 1. The van der Waals surface area contributed by atoms with E-state index in [1.54, 1.807) is 0 Å². The van der Waals surface area contributed by atoms with Crippen molar-refractivity contribution in [2.75, 3.05) is 6.54 Å². The van der Waals surface area contributed by atoms with Gasteiger partial charge >= 0.3 is 6.18 Å². The molecule has 0 fully saturated rings. The molecule has 1 amide bonds. The highest BCUT2D eigenvalue weighted by Crippen LogP contribution is 2.30. The van der Waals surface area contributed by atoms with Crippen molar-refractivity contribution in [1.82, 2.24) is 5.32 Å². The van der Waals surface area contributed by atoms with Gasteiger partial charge in [0.15, 0.2) is 0 Å². The Morgan fingerprint density at radius 3 is 2.67 bits per heavy atom. The van der Waals surface area contributed by atoms with Gasteiger partial charge in [0.05, 0.1) is 11.1 Å². The summed E-state index contributed by atoms with van der Waals surface area (Å²) < 4.78 is 51.2. The van der Waals surface area contributed by atoms with Crippen LogP contribution in [0.1, 0.15) is 41.6 Å². The molecule has 0 radical (unpaired) electrons. The largest absolute Gasteiger partial charge is 0.416 e. The van der Waals surface area contributed by atoms with Crippen LogP contribution < -0.4 is 5.32 Å². The molecule has 0 saturated carbocycles. The molecule has 21 heavy (non-hydrogen) atoms. The minimum Gasteiger partial charge on any atom is -0.352 e. The molecule has 2 nitrogen and oxygen atoms in total. The monoisotopic (exact) mass is 301 g/mol. The minimum atomic E-state index is -4.60. The lowest BCUT2D eigenvalue weighted by Gasteiger charge is -2.10. The first kappa shape index (κ1) is 15.5. The maximum absolute atomic E-state index is 13.5. The Balaban J connectivity index is 2.01. The lowest BCUT2D eigenvalue weighted by molar-refractivity contribution is -0.137. The number of nitrogens with one attached hydrogen (secondary N) is 1. The summed E-state index contributed by atoms with van der Waals surface area (Å²) in [4.78, 5) is 11.8. The summed E-state index contributed by atoms with van der Waals surface area (Å²) in [6, 6.07) is 1.83. The molecular weight excluding hydrogens is 286 g/mol. The van der Waals surface area contributed by atoms with Crippen LogP contribution in [0.25, 0.3) is 0 Å². The number of halogens is 4. The van der Waals surface area contributed by atoms with E-state index in [2.05, 4.69) is 11.4 Å². The molecule has 0 saturated heterocycles. The summed E-state index contributed by atoms with van der Waals surface area (Å²) in [6.45, 7) is 0.292. The van der Waals surface area contributed by atoms with Crippen molar-refractivity contribution < 1.29 is 22.4 Å². The van der Waals surface area contributed by atoms with Gasteiger partial charge < -0.3 is 5.32 Å². The van der Waals surface area contributed by atoms with Crippen LogP contribution >= 0.6 is 0 Å². The summed E-state index contributed by atoms with van der Waals surface area (Å²) in [7, 11) is 0. The Morgan fingerprint density at radius 2 is 2.05 bits per heavy atom. The number of rotatable bonds is 4. The van der Waals surface area contributed by atoms with Crippen LogP contribution in [0.4, 0.5) is 17.6 Å². The number of carbonyl (C=O) groups excluding carboxylic acids is 1. The topological polar surface area (TPSA) is 29.1 Å². The van der Waals surface area contributed by atoms with Gasteiger partial charge in [0, 0.05) is 6.54 Å². The highest BCUT2D eigenvalue weighted by atomic mass is 19.4. The number of hydrogen-bond acceptors (Lipinski definition) is 1. The summed E-state index contributed by atoms with van der Waals surface area (Å²) in [6.07, 6.45) is 1.23. The molecule has 2 rings (SSSR count). The van der Waals surface area contributed by atoms with Gasteiger partial charge in [-0.25, -0.2) is 4.39 Å². The maximum Gasteiger partial charge on any atom is 0.416 e. The molecule has 0 aliphatic heterocycles. The molecule has 0 unspecified atom stereocenters. The number of hydrogen-bond donors (Lipinski definition) is 1. The summed E-state index contributed by atoms with van der Waals surface area (Å²) in [5.41, 5.74) is -0.391. The lowest BCUT2D eigenvalue weighted by Crippen LogP contribution is -2.26. The van der Waals surface area contributed by atoms with E-state index in [9.17, 15) is 22.4 Å². The normalized spacial score (nSPS) is 15.0. The number of amides is 1. The van der Waals surface area contributed by atoms with E-state index in [0.717, 1.165) is 19.3 Å². The highest BCUT2D eigenvalue weighted by Gasteiger charge is 2.31. The van der Waals surface area contributed by atoms with Gasteiger partial charge in [-0.1, -0.05) is 11.6 Å². The standard InChI is InChI=1S/C15H15F4NO/c16-13-6-5-11(15(17,18)19)9-12(13)14(21)20-8-7-10-3-1-2-4-10/h3,5-6,9H,1-2,4,7-8H2,(H,20,21). The van der Waals surface area contributed by atoms with Crippen LogP contribution in [0.5, 0.6) is 0 Å². The van der Waals surface area contributed by atoms with E-state index < -0.39 is 29.0 Å². The van der Waals surface area contributed by atoms with Gasteiger partial charge in [-0.3, -0.25) is 4.79 Å². The van der Waals surface area contributed by atoms with Crippen LogP contribution in [0, 0.1) is 5.82 Å². The second kappa shape index (κ2) is 6.28. The van der Waals surface area contributed by atoms with Gasteiger partial charge in [-0.2, -0.15) is 13.2 Å². The van der Waals surface area contributed by atoms with Crippen molar-refractivity contribution in [3.8, 4) is 0 Å². The zero-order valence-electron chi connectivity index (χ0n) is 11.3. The van der Waals surface area contributed by atoms with Crippen molar-refractivity contribution in [3.63, 3.8) is 0 Å². The zero-order valence-corrected chi connectivity index (χ0v) is 11.3. The highest BCUT2D eigenvalue weighted by molar-refractivity contribution is 5.94. The van der Waals surface area contributed by atoms with Crippen LogP contribution in [0.2, 0.25) is 0 Å². The zero-order chi connectivity index (χ0) is 15.5. The van der Waals surface area contributed by atoms with Crippen LogP contribution in [0.3, 0.4) is 0 Å². The SMILES string of the molecule is O=C(NCCC1=CCCC1)c1cc(C(F)(F)F)ccc1F. The van der Waals surface area contributed by atoms with E-state index in [4.69, 9.17) is 0 Å². The van der Waals surface area contributed by atoms with Crippen molar-refractivity contribution in [1.29, 1.82) is 0 Å². The number of allylic oxidation sites excluding steroid dienone is 1. The Kier molecular flexibility index (Phi) is 4.65. The van der Waals surface area contributed by atoms with Gasteiger partial charge in [0.2, 0.25) is 0 Å². The predicted molar refractivity (Wildman–Crippen MR) is 70.3 cm³/mol. The predicted octanol–water partition coefficient (Wildman–Crippen LogP) is 4.07. The Morgan fingerprint density at radius 1 is 1.29 bits per heavy atom. The fourth-order valence-electron chi connectivity index (χ4n) is 2.27. The van der Waals surface area contributed by atoms with E-state index in [1.165, 1.54) is 5.57 Å². The summed E-state index contributed by atoms with van der Waals surface area (Å²) >= 11 is 0. The van der Waals surface area contributed by atoms with Crippen molar-refractivity contribution in [2.24, 2.45) is 0 Å². The smallest absolute Gasteiger partial charge is 0.352 e. The first-order chi connectivity index (χ1) is 9.88. The van der Waals surface area contributed by atoms with Crippen molar-refractivity contribution in [3.05, 3.63) is 46.8 Å². The molecule has 1 aromatic carbocycles. The fourth-order valence-corrected chi connectivity index (χ4v) is 2.27. The molecule has 1 N–H and O–H groups in total. The van der Waals surface area contributed by atoms with Gasteiger partial charge in [0.1, 0.15) is 5.82 Å². The molecule has 0 atom stereocenters. The van der Waals surface area contributed by atoms with Crippen molar-refractivity contribution in [2.45, 2.75) is 31.9 Å². The average Bonchev–Trinajstić information content (AvgIpc) is 2.91. The van der Waals surface area contributed by atoms with E-state index in [1.807, 2.05) is 0 Å². The third-order valence-electron chi connectivity index (χ3n) is 3.41. The molecule has 1 aliphatic rings. The second-order valence-electron chi connectivity index (χ2n) is 4.95. The van der Waals surface area contributed by atoms with Gasteiger partial charge in [-0.05, 0) is 43.9 Å². The molecule has 0 bridgehead atoms. The third-order valence-corrected chi connectivity index (χ3v) is 3.41. The van der Waals surface area contributed by atoms with E-state index in [0.29, 0.717) is 31.2 Å². The maximum atomic E-state index is 13.5. The third kappa shape index (κ3) is 4.06. The first-order valence-electron chi connectivity index (χ1n) is 6.71. The average molecular weight is 301 g/mol. The Hall–Kier alpha value is -1.85. The fraction of sp³-hybridized carbons (Fsp3) is 0.400. The molecule has 0 heterocycles. The molecular formula is C15H15F4NO. The van der Waals surface area contributed by atoms with Gasteiger partial charge in [-0.15, -0.1) is 0 Å². The van der Waals surface area contributed by atoms with Crippen LogP contribution in [-0.2, 0) is 6.18 Å². The van der Waals surface area contributed by atoms with E-state index in [-0.39, 0.29) is 0 Å². The molecule has 1 aromatic rings. The molecule has 0 aromatic heterocycles. The molecule has 1 aliphatic carbocycles. The Labute approximate surface area is 119 Å². The summed E-state index contributed by atoms with van der Waals surface area (Å²) in [5.74, 6) is -1.78. The minimum absolute atomic E-state index is 0.292. The van der Waals surface area contributed by atoms with Gasteiger partial charge in [0.25, 0.3) is 5.91 Å². The molecule has 114 valence electrons. The number of alkyl halides is 3. The molecule has 6 heteroatoms. The summed E-state index contributed by atoms with van der Waals surface area (Å²) in [5, 5.41) is 2.46. The lowest BCUT2D eigenvalue weighted by atomic mass is 10.1. The van der Waals surface area contributed by atoms with E-state index >= 15 is 0 Å². The number of carbonyl (C=O) groups is 1. The quantitative estimate of drug-likeness (QED) is 0.659. The van der Waals surface area contributed by atoms with Crippen LogP contribution in [-0.4, -0.2) is 12.5 Å². The van der Waals surface area contributed by atoms with Crippen LogP contribution in [0.15, 0.2) is 29.8 Å². The Bertz CT molecular complexity index is 563.